The van der Waals surface area contributed by atoms with Gasteiger partial charge in [0.25, 0.3) is 0 Å². The van der Waals surface area contributed by atoms with Gasteiger partial charge >= 0.3 is 0 Å². The van der Waals surface area contributed by atoms with Crippen molar-refractivity contribution >= 4 is 11.7 Å². The van der Waals surface area contributed by atoms with E-state index in [1.807, 2.05) is 27.7 Å². The number of carbonyl (C=O) groups excluding carboxylic acids is 2. The third kappa shape index (κ3) is 5.85. The Morgan fingerprint density at radius 2 is 1.81 bits per heavy atom. The van der Waals surface area contributed by atoms with Gasteiger partial charge in [-0.15, -0.1) is 0 Å². The highest BCUT2D eigenvalue weighted by Crippen LogP contribution is 2.03. The molecule has 1 amide bonds. The van der Waals surface area contributed by atoms with E-state index in [4.69, 9.17) is 4.74 Å². The van der Waals surface area contributed by atoms with Gasteiger partial charge in [0, 0.05) is 0 Å². The normalized spacial score (nSPS) is 14.6. The Labute approximate surface area is 97.7 Å². The first kappa shape index (κ1) is 15.1. The minimum Gasteiger partial charge on any atom is -0.369 e. The molecule has 0 bridgehead atoms. The van der Waals surface area contributed by atoms with Gasteiger partial charge in [0.1, 0.15) is 6.61 Å². The van der Waals surface area contributed by atoms with Crippen LogP contribution in [0.3, 0.4) is 0 Å². The summed E-state index contributed by atoms with van der Waals surface area (Å²) in [7, 11) is 0. The van der Waals surface area contributed by atoms with Crippen molar-refractivity contribution in [2.24, 2.45) is 5.92 Å². The molecular weight excluding hydrogens is 206 g/mol. The predicted molar refractivity (Wildman–Crippen MR) is 63.2 cm³/mol. The van der Waals surface area contributed by atoms with Gasteiger partial charge in [-0.05, 0) is 26.2 Å². The molecule has 0 aliphatic heterocycles. The monoisotopic (exact) mass is 229 g/mol. The zero-order valence-electron chi connectivity index (χ0n) is 10.9. The molecule has 0 aliphatic rings. The van der Waals surface area contributed by atoms with E-state index in [2.05, 4.69) is 5.32 Å². The minimum atomic E-state index is -0.409. The van der Waals surface area contributed by atoms with Crippen LogP contribution in [0, 0.1) is 5.92 Å². The maximum Gasteiger partial charge on any atom is 0.246 e. The SMILES string of the molecule is CCC(C)OCC(=O)NC(C(C)=O)C(C)C. The van der Waals surface area contributed by atoms with Gasteiger partial charge in [-0.3, -0.25) is 9.59 Å². The summed E-state index contributed by atoms with van der Waals surface area (Å²) in [6.07, 6.45) is 0.939. The Morgan fingerprint density at radius 3 is 2.19 bits per heavy atom. The summed E-state index contributed by atoms with van der Waals surface area (Å²) < 4.78 is 5.29. The largest absolute Gasteiger partial charge is 0.369 e. The number of ketones is 1. The number of rotatable bonds is 7. The summed E-state index contributed by atoms with van der Waals surface area (Å²) in [5.74, 6) is -0.147. The van der Waals surface area contributed by atoms with Crippen molar-refractivity contribution in [3.8, 4) is 0 Å². The Morgan fingerprint density at radius 1 is 1.25 bits per heavy atom. The molecule has 0 rings (SSSR count). The van der Waals surface area contributed by atoms with Crippen molar-refractivity contribution in [3.63, 3.8) is 0 Å². The summed E-state index contributed by atoms with van der Waals surface area (Å²) >= 11 is 0. The molecule has 1 N–H and O–H groups in total. The van der Waals surface area contributed by atoms with Crippen molar-refractivity contribution in [1.29, 1.82) is 0 Å². The maximum atomic E-state index is 11.5. The minimum absolute atomic E-state index is 0.0194. The lowest BCUT2D eigenvalue weighted by atomic mass is 10.0. The molecule has 2 unspecified atom stereocenters. The number of ether oxygens (including phenoxy) is 1. The summed E-state index contributed by atoms with van der Waals surface area (Å²) in [5, 5.41) is 2.68. The van der Waals surface area contributed by atoms with Crippen molar-refractivity contribution in [2.45, 2.75) is 53.2 Å². The highest BCUT2D eigenvalue weighted by atomic mass is 16.5. The topological polar surface area (TPSA) is 55.4 Å². The Bertz CT molecular complexity index is 238. The first-order valence-corrected chi connectivity index (χ1v) is 5.79. The first-order valence-electron chi connectivity index (χ1n) is 5.79. The number of hydrogen-bond donors (Lipinski definition) is 1. The Kier molecular flexibility index (Phi) is 6.97. The molecule has 0 heterocycles. The lowest BCUT2D eigenvalue weighted by molar-refractivity contribution is -0.132. The average molecular weight is 229 g/mol. The van der Waals surface area contributed by atoms with Crippen LogP contribution >= 0.6 is 0 Å². The second kappa shape index (κ2) is 7.39. The van der Waals surface area contributed by atoms with Crippen LogP contribution < -0.4 is 5.32 Å². The van der Waals surface area contributed by atoms with Gasteiger partial charge in [0.15, 0.2) is 5.78 Å². The van der Waals surface area contributed by atoms with Gasteiger partial charge in [0.05, 0.1) is 12.1 Å². The zero-order chi connectivity index (χ0) is 12.7. The fourth-order valence-corrected chi connectivity index (χ4v) is 1.29. The van der Waals surface area contributed by atoms with Crippen LogP contribution in [0.25, 0.3) is 0 Å². The first-order chi connectivity index (χ1) is 7.38. The molecule has 16 heavy (non-hydrogen) atoms. The van der Waals surface area contributed by atoms with Crippen LogP contribution in [0.5, 0.6) is 0 Å². The van der Waals surface area contributed by atoms with Gasteiger partial charge in [-0.1, -0.05) is 20.8 Å². The third-order valence-electron chi connectivity index (χ3n) is 2.49. The standard InChI is InChI=1S/C12H23NO3/c1-6-9(4)16-7-11(15)13-12(8(2)3)10(5)14/h8-9,12H,6-7H2,1-5H3,(H,13,15). The van der Waals surface area contributed by atoms with Crippen LogP contribution in [-0.4, -0.2) is 30.4 Å². The molecule has 0 radical (unpaired) electrons. The quantitative estimate of drug-likeness (QED) is 0.720. The Hall–Kier alpha value is -0.900. The van der Waals surface area contributed by atoms with E-state index in [1.54, 1.807) is 0 Å². The second-order valence-electron chi connectivity index (χ2n) is 4.43. The molecule has 94 valence electrons. The van der Waals surface area contributed by atoms with Crippen LogP contribution in [0.2, 0.25) is 0 Å². The molecule has 0 spiro atoms. The van der Waals surface area contributed by atoms with Crippen molar-refractivity contribution < 1.29 is 14.3 Å². The van der Waals surface area contributed by atoms with Crippen LogP contribution in [-0.2, 0) is 14.3 Å². The molecule has 0 aliphatic carbocycles. The molecule has 4 heteroatoms. The summed E-state index contributed by atoms with van der Waals surface area (Å²) in [6, 6.07) is -0.409. The molecule has 0 saturated carbocycles. The number of nitrogens with one attached hydrogen (secondary N) is 1. The number of amides is 1. The Balaban J connectivity index is 4.06. The van der Waals surface area contributed by atoms with Crippen molar-refractivity contribution in [3.05, 3.63) is 0 Å². The molecule has 4 nitrogen and oxygen atoms in total. The van der Waals surface area contributed by atoms with E-state index in [0.717, 1.165) is 6.42 Å². The van der Waals surface area contributed by atoms with Gasteiger partial charge in [0.2, 0.25) is 5.91 Å². The van der Waals surface area contributed by atoms with E-state index < -0.39 is 6.04 Å². The van der Waals surface area contributed by atoms with E-state index in [1.165, 1.54) is 6.92 Å². The highest BCUT2D eigenvalue weighted by Gasteiger charge is 2.20. The second-order valence-corrected chi connectivity index (χ2v) is 4.43. The fraction of sp³-hybridized carbons (Fsp3) is 0.833. The zero-order valence-corrected chi connectivity index (χ0v) is 10.9. The molecule has 2 atom stereocenters. The van der Waals surface area contributed by atoms with E-state index >= 15 is 0 Å². The van der Waals surface area contributed by atoms with Crippen molar-refractivity contribution in [1.82, 2.24) is 5.32 Å². The molecule has 0 aromatic rings. The molecule has 0 aromatic carbocycles. The summed E-state index contributed by atoms with van der Waals surface area (Å²) in [4.78, 5) is 22.8. The summed E-state index contributed by atoms with van der Waals surface area (Å²) in [5.41, 5.74) is 0. The van der Waals surface area contributed by atoms with Crippen LogP contribution in [0.1, 0.15) is 41.0 Å². The van der Waals surface area contributed by atoms with E-state index in [0.29, 0.717) is 0 Å². The molecule has 0 fully saturated rings. The highest BCUT2D eigenvalue weighted by molar-refractivity contribution is 5.88. The van der Waals surface area contributed by atoms with E-state index in [9.17, 15) is 9.59 Å². The number of Topliss-reactive ketones (excluding diaryl/α,β-unsaturated/α-hetero) is 1. The molecular formula is C12H23NO3. The number of hydrogen-bond acceptors (Lipinski definition) is 3. The predicted octanol–water partition coefficient (Wildman–Crippen LogP) is 1.53. The number of carbonyl (C=O) groups is 2. The lowest BCUT2D eigenvalue weighted by Crippen LogP contribution is -2.45. The van der Waals surface area contributed by atoms with Crippen LogP contribution in [0.4, 0.5) is 0 Å². The lowest BCUT2D eigenvalue weighted by Gasteiger charge is -2.20. The van der Waals surface area contributed by atoms with Gasteiger partial charge < -0.3 is 10.1 Å². The van der Waals surface area contributed by atoms with Crippen molar-refractivity contribution in [2.75, 3.05) is 6.61 Å². The molecule has 0 aromatic heterocycles. The third-order valence-corrected chi connectivity index (χ3v) is 2.49. The summed E-state index contributed by atoms with van der Waals surface area (Å²) in [6.45, 7) is 9.23. The average Bonchev–Trinajstić information content (AvgIpc) is 2.21. The van der Waals surface area contributed by atoms with Gasteiger partial charge in [-0.2, -0.15) is 0 Å². The van der Waals surface area contributed by atoms with E-state index in [-0.39, 0.29) is 30.3 Å². The fourth-order valence-electron chi connectivity index (χ4n) is 1.29. The maximum absolute atomic E-state index is 11.5. The smallest absolute Gasteiger partial charge is 0.246 e. The van der Waals surface area contributed by atoms with Gasteiger partial charge in [-0.25, -0.2) is 0 Å². The molecule has 0 saturated heterocycles. The van der Waals surface area contributed by atoms with Crippen LogP contribution in [0.15, 0.2) is 0 Å².